The third-order valence-corrected chi connectivity index (χ3v) is 4.25. The van der Waals surface area contributed by atoms with Gasteiger partial charge in [-0.15, -0.1) is 0 Å². The Bertz CT molecular complexity index is 1190. The molecule has 2 amide bonds. The van der Waals surface area contributed by atoms with E-state index in [9.17, 15) is 19.5 Å². The average Bonchev–Trinajstić information content (AvgIpc) is 2.70. The number of anilines is 2. The molecule has 0 spiro atoms. The highest BCUT2D eigenvalue weighted by Gasteiger charge is 2.19. The molecular weight excluding hydrogens is 388 g/mol. The van der Waals surface area contributed by atoms with Crippen molar-refractivity contribution in [1.82, 2.24) is 9.78 Å². The van der Waals surface area contributed by atoms with Crippen LogP contribution in [0.4, 0.5) is 11.4 Å². The predicted molar refractivity (Wildman–Crippen MR) is 111 cm³/mol. The second kappa shape index (κ2) is 8.48. The Hall–Kier alpha value is -4.14. The maximum atomic E-state index is 12.8. The van der Waals surface area contributed by atoms with E-state index in [1.54, 1.807) is 49.4 Å². The molecule has 0 atom stereocenters. The summed E-state index contributed by atoms with van der Waals surface area (Å²) in [6, 6.07) is 12.6. The molecule has 1 heterocycles. The normalized spacial score (nSPS) is 10.4. The number of nitrogens with one attached hydrogen (secondary N) is 2. The number of hydrogen-bond acceptors (Lipinski definition) is 6. The summed E-state index contributed by atoms with van der Waals surface area (Å²) < 4.78 is 6.22. The topological polar surface area (TPSA) is 123 Å². The molecule has 0 aliphatic heterocycles. The van der Waals surface area contributed by atoms with E-state index in [1.165, 1.54) is 14.0 Å². The predicted octanol–water partition coefficient (Wildman–Crippen LogP) is 2.47. The van der Waals surface area contributed by atoms with Crippen molar-refractivity contribution in [2.24, 2.45) is 0 Å². The van der Waals surface area contributed by atoms with Gasteiger partial charge in [0.05, 0.1) is 7.11 Å². The van der Waals surface area contributed by atoms with Crippen LogP contribution >= 0.6 is 0 Å². The van der Waals surface area contributed by atoms with Gasteiger partial charge in [-0.2, -0.15) is 9.78 Å². The van der Waals surface area contributed by atoms with E-state index >= 15 is 0 Å². The molecule has 0 unspecified atom stereocenters. The summed E-state index contributed by atoms with van der Waals surface area (Å²) in [6.07, 6.45) is 0. The number of ether oxygens (including phenoxy) is 1. The molecular formula is C21H20N4O5. The van der Waals surface area contributed by atoms with Gasteiger partial charge in [-0.05, 0) is 36.8 Å². The van der Waals surface area contributed by atoms with Gasteiger partial charge in [0.25, 0.3) is 11.5 Å². The summed E-state index contributed by atoms with van der Waals surface area (Å²) in [5, 5.41) is 19.5. The number of rotatable bonds is 5. The van der Waals surface area contributed by atoms with Gasteiger partial charge in [-0.1, -0.05) is 18.2 Å². The Balaban J connectivity index is 1.99. The van der Waals surface area contributed by atoms with E-state index in [0.717, 1.165) is 16.3 Å². The standard InChI is InChI=1S/C21H20N4O5/c1-12-8-9-14(22-13(2)26)10-15(12)23-21(29)20-17(27)11-19(28)25(24-20)16-6-4-5-7-18(16)30-3/h4-11,27H,1-3H3,(H,22,26)(H,23,29). The second-order valence-corrected chi connectivity index (χ2v) is 6.47. The van der Waals surface area contributed by atoms with Crippen molar-refractivity contribution >= 4 is 23.2 Å². The molecule has 2 aromatic carbocycles. The van der Waals surface area contributed by atoms with Crippen LogP contribution in [0.3, 0.4) is 0 Å². The number of aromatic nitrogens is 2. The van der Waals surface area contributed by atoms with Crippen molar-refractivity contribution < 1.29 is 19.4 Å². The number of benzene rings is 2. The van der Waals surface area contributed by atoms with Gasteiger partial charge >= 0.3 is 0 Å². The van der Waals surface area contributed by atoms with Crippen molar-refractivity contribution in [3.8, 4) is 17.2 Å². The van der Waals surface area contributed by atoms with Crippen LogP contribution in [0.25, 0.3) is 5.69 Å². The smallest absolute Gasteiger partial charge is 0.280 e. The zero-order valence-electron chi connectivity index (χ0n) is 16.6. The van der Waals surface area contributed by atoms with Gasteiger partial charge in [-0.3, -0.25) is 14.4 Å². The van der Waals surface area contributed by atoms with Crippen LogP contribution in [0, 0.1) is 6.92 Å². The summed E-state index contributed by atoms with van der Waals surface area (Å²) in [4.78, 5) is 36.4. The SMILES string of the molecule is COc1ccccc1-n1nc(C(=O)Nc2cc(NC(C)=O)ccc2C)c(O)cc1=O. The number of amides is 2. The first-order valence-corrected chi connectivity index (χ1v) is 8.96. The maximum Gasteiger partial charge on any atom is 0.280 e. The molecule has 0 fully saturated rings. The van der Waals surface area contributed by atoms with Crippen LogP contribution in [-0.2, 0) is 4.79 Å². The van der Waals surface area contributed by atoms with Crippen LogP contribution in [0.1, 0.15) is 23.0 Å². The molecule has 30 heavy (non-hydrogen) atoms. The third kappa shape index (κ3) is 4.30. The van der Waals surface area contributed by atoms with Gasteiger partial charge in [0.1, 0.15) is 11.4 Å². The molecule has 9 nitrogen and oxygen atoms in total. The number of nitrogens with zero attached hydrogens (tertiary/aromatic N) is 2. The quantitative estimate of drug-likeness (QED) is 0.596. The molecule has 0 aliphatic carbocycles. The number of methoxy groups -OCH3 is 1. The minimum Gasteiger partial charge on any atom is -0.505 e. The van der Waals surface area contributed by atoms with E-state index in [-0.39, 0.29) is 11.6 Å². The monoisotopic (exact) mass is 408 g/mol. The van der Waals surface area contributed by atoms with E-state index in [0.29, 0.717) is 22.8 Å². The molecule has 1 aromatic heterocycles. The first kappa shape index (κ1) is 20.6. The van der Waals surface area contributed by atoms with Crippen molar-refractivity contribution in [3.05, 3.63) is 70.1 Å². The molecule has 3 N–H and O–H groups in total. The Morgan fingerprint density at radius 2 is 1.83 bits per heavy atom. The van der Waals surface area contributed by atoms with E-state index in [4.69, 9.17) is 4.74 Å². The van der Waals surface area contributed by atoms with Crippen LogP contribution in [0.2, 0.25) is 0 Å². The minimum atomic E-state index is -0.723. The number of aryl methyl sites for hydroxylation is 1. The highest BCUT2D eigenvalue weighted by Crippen LogP contribution is 2.24. The number of carbonyl (C=O) groups excluding carboxylic acids is 2. The molecule has 0 aliphatic rings. The highest BCUT2D eigenvalue weighted by atomic mass is 16.5. The van der Waals surface area contributed by atoms with Crippen molar-refractivity contribution in [3.63, 3.8) is 0 Å². The fourth-order valence-electron chi connectivity index (χ4n) is 2.81. The number of carbonyl (C=O) groups is 2. The fraction of sp³-hybridized carbons (Fsp3) is 0.143. The van der Waals surface area contributed by atoms with Crippen molar-refractivity contribution in [2.45, 2.75) is 13.8 Å². The first-order chi connectivity index (χ1) is 14.3. The van der Waals surface area contributed by atoms with Crippen LogP contribution in [0.5, 0.6) is 11.5 Å². The molecule has 154 valence electrons. The highest BCUT2D eigenvalue weighted by molar-refractivity contribution is 6.05. The molecule has 3 aromatic rings. The number of aromatic hydroxyl groups is 1. The van der Waals surface area contributed by atoms with Gasteiger partial charge in [0.15, 0.2) is 11.4 Å². The molecule has 9 heteroatoms. The van der Waals surface area contributed by atoms with Crippen LogP contribution < -0.4 is 20.9 Å². The Kier molecular flexibility index (Phi) is 5.82. The summed E-state index contributed by atoms with van der Waals surface area (Å²) in [5.74, 6) is -1.15. The number of hydrogen-bond donors (Lipinski definition) is 3. The molecule has 0 saturated heterocycles. The third-order valence-electron chi connectivity index (χ3n) is 4.25. The second-order valence-electron chi connectivity index (χ2n) is 6.47. The van der Waals surface area contributed by atoms with E-state index < -0.39 is 17.2 Å². The van der Waals surface area contributed by atoms with E-state index in [2.05, 4.69) is 15.7 Å². The van der Waals surface area contributed by atoms with E-state index in [1.807, 2.05) is 0 Å². The maximum absolute atomic E-state index is 12.8. The summed E-state index contributed by atoms with van der Waals surface area (Å²) in [7, 11) is 1.45. The fourth-order valence-corrected chi connectivity index (χ4v) is 2.81. The van der Waals surface area contributed by atoms with Crippen LogP contribution in [-0.4, -0.2) is 33.8 Å². The van der Waals surface area contributed by atoms with Crippen LogP contribution in [0.15, 0.2) is 53.3 Å². The Labute approximate surface area is 171 Å². The summed E-state index contributed by atoms with van der Waals surface area (Å²) in [6.45, 7) is 3.15. The Morgan fingerprint density at radius 3 is 2.53 bits per heavy atom. The minimum absolute atomic E-state index is 0.251. The molecule has 0 bridgehead atoms. The zero-order valence-corrected chi connectivity index (χ0v) is 16.6. The number of para-hydroxylation sites is 2. The lowest BCUT2D eigenvalue weighted by Crippen LogP contribution is -2.25. The average molecular weight is 408 g/mol. The summed E-state index contributed by atoms with van der Waals surface area (Å²) >= 11 is 0. The van der Waals surface area contributed by atoms with Crippen molar-refractivity contribution in [1.29, 1.82) is 0 Å². The van der Waals surface area contributed by atoms with Gasteiger partial charge in [0.2, 0.25) is 5.91 Å². The first-order valence-electron chi connectivity index (χ1n) is 8.96. The lowest BCUT2D eigenvalue weighted by molar-refractivity contribution is -0.114. The lowest BCUT2D eigenvalue weighted by atomic mass is 10.1. The van der Waals surface area contributed by atoms with Gasteiger partial charge < -0.3 is 20.5 Å². The van der Waals surface area contributed by atoms with Crippen molar-refractivity contribution in [2.75, 3.05) is 17.7 Å². The van der Waals surface area contributed by atoms with Gasteiger partial charge in [-0.25, -0.2) is 0 Å². The van der Waals surface area contributed by atoms with Gasteiger partial charge in [0, 0.05) is 24.4 Å². The lowest BCUT2D eigenvalue weighted by Gasteiger charge is -2.13. The molecule has 0 radical (unpaired) electrons. The molecule has 3 rings (SSSR count). The largest absolute Gasteiger partial charge is 0.505 e. The zero-order chi connectivity index (χ0) is 21.8. The molecule has 0 saturated carbocycles. The summed E-state index contributed by atoms with van der Waals surface area (Å²) in [5.41, 5.74) is 1.00. The Morgan fingerprint density at radius 1 is 1.10 bits per heavy atom.